The summed E-state index contributed by atoms with van der Waals surface area (Å²) in [4.78, 5) is 8.11. The molecule has 1 aliphatic carbocycles. The number of anilines is 8. The maximum Gasteiger partial charge on any atom is 0.252 e. The second-order valence-electron chi connectivity index (χ2n) is 20.4. The Morgan fingerprint density at radius 3 is 1.38 bits per heavy atom. The van der Waals surface area contributed by atoms with E-state index in [0.717, 1.165) is 6.42 Å². The molecule has 1 saturated carbocycles. The van der Waals surface area contributed by atoms with Gasteiger partial charge in [0.15, 0.2) is 0 Å². The summed E-state index contributed by atoms with van der Waals surface area (Å²) in [5.74, 6) is 0. The van der Waals surface area contributed by atoms with Crippen LogP contribution in [-0.2, 0) is 10.8 Å². The quantitative estimate of drug-likeness (QED) is 0.154. The van der Waals surface area contributed by atoms with Gasteiger partial charge in [-0.15, -0.1) is 0 Å². The lowest BCUT2D eigenvalue weighted by atomic mass is 9.28. The van der Waals surface area contributed by atoms with E-state index in [4.69, 9.17) is 0 Å². The minimum Gasteiger partial charge on any atom is -0.334 e. The molecule has 0 spiro atoms. The van der Waals surface area contributed by atoms with Gasteiger partial charge in [0, 0.05) is 56.1 Å². The van der Waals surface area contributed by atoms with Crippen LogP contribution in [0.1, 0.15) is 68.7 Å². The molecule has 14 rings (SSSR count). The summed E-state index contributed by atoms with van der Waals surface area (Å²) in [6.45, 7) is 7.61. The molecule has 0 N–H and O–H groups in total. The average Bonchev–Trinajstić information content (AvgIpc) is 3.61. The van der Waals surface area contributed by atoms with E-state index in [0.29, 0.717) is 0 Å². The number of hydrogen-bond acceptors (Lipinski definition) is 3. The first-order valence-electron chi connectivity index (χ1n) is 24.7. The summed E-state index contributed by atoms with van der Waals surface area (Å²) in [6, 6.07) is 80.4. The maximum absolute atomic E-state index is 2.78. The predicted octanol–water partition coefficient (Wildman–Crippen LogP) is 14.5. The number of hydrogen-bond donors (Lipinski definition) is 0. The molecule has 9 aromatic rings. The van der Waals surface area contributed by atoms with Crippen LogP contribution < -0.4 is 31.1 Å². The van der Waals surface area contributed by atoms with Crippen LogP contribution in [0.5, 0.6) is 0 Å². The normalized spacial score (nSPS) is 19.9. The van der Waals surface area contributed by atoms with E-state index in [1.165, 1.54) is 126 Å². The molecule has 2 unspecified atom stereocenters. The molecule has 68 heavy (non-hydrogen) atoms. The van der Waals surface area contributed by atoms with Crippen molar-refractivity contribution in [2.75, 3.05) is 14.7 Å². The highest BCUT2D eigenvalue weighted by molar-refractivity contribution is 7.01. The molecular formula is C64H52BN3. The molecule has 0 aromatic heterocycles. The molecule has 4 heteroatoms. The summed E-state index contributed by atoms with van der Waals surface area (Å²) in [5, 5.41) is 0. The molecule has 1 fully saturated rings. The standard InChI is InChI=1S/C64H52BN3/c1-62-39-19-20-40-63(62,2)68(54-36-18-15-31-49(54)62)46-41-57-61-58(42-46)67(53-35-17-14-30-48(53)44-25-9-5-10-26-44)56-38-22-33-51-60(56)65(61)59-50(64(51,3)45-27-11-6-12-28-45)32-21-37-55(59)66(57)52-34-16-13-29-47(52)43-23-7-4-8-24-43/h4-18,21-38,41-42H,19-20,39-40H2,1-3H3. The van der Waals surface area contributed by atoms with Gasteiger partial charge in [-0.2, -0.15) is 0 Å². The lowest BCUT2D eigenvalue weighted by Gasteiger charge is -2.53. The first-order chi connectivity index (χ1) is 33.4. The van der Waals surface area contributed by atoms with Crippen molar-refractivity contribution >= 4 is 68.6 Å². The van der Waals surface area contributed by atoms with Crippen LogP contribution in [0.25, 0.3) is 22.3 Å². The Labute approximate surface area is 401 Å². The molecule has 0 saturated heterocycles. The average molecular weight is 874 g/mol. The van der Waals surface area contributed by atoms with E-state index in [9.17, 15) is 0 Å². The van der Waals surface area contributed by atoms with Gasteiger partial charge in [0.1, 0.15) is 0 Å². The smallest absolute Gasteiger partial charge is 0.252 e. The van der Waals surface area contributed by atoms with Crippen molar-refractivity contribution < 1.29 is 0 Å². The Kier molecular flexibility index (Phi) is 8.43. The van der Waals surface area contributed by atoms with E-state index >= 15 is 0 Å². The molecule has 326 valence electrons. The third-order valence-corrected chi connectivity index (χ3v) is 17.3. The van der Waals surface area contributed by atoms with Crippen LogP contribution in [0.3, 0.4) is 0 Å². The van der Waals surface area contributed by atoms with E-state index in [1.54, 1.807) is 0 Å². The Morgan fingerprint density at radius 2 is 0.824 bits per heavy atom. The SMILES string of the molecule is CC1(c2ccccc2)c2cccc3c2B2c4c(cc(N5c6ccccc6C6(C)CCCCC56C)cc4N(c4ccccc4-c4ccccc4)c4cccc1c42)N3c1ccccc1-c1ccccc1. The topological polar surface area (TPSA) is 9.72 Å². The van der Waals surface area contributed by atoms with E-state index in [-0.39, 0.29) is 17.7 Å². The first-order valence-corrected chi connectivity index (χ1v) is 24.7. The molecule has 5 aliphatic rings. The van der Waals surface area contributed by atoms with E-state index in [2.05, 4.69) is 248 Å². The molecule has 0 radical (unpaired) electrons. The van der Waals surface area contributed by atoms with Crippen molar-refractivity contribution in [2.45, 2.75) is 62.8 Å². The fourth-order valence-corrected chi connectivity index (χ4v) is 14.0. The molecule has 3 nitrogen and oxygen atoms in total. The van der Waals surface area contributed by atoms with Gasteiger partial charge in [-0.1, -0.05) is 190 Å². The van der Waals surface area contributed by atoms with Crippen LogP contribution >= 0.6 is 0 Å². The van der Waals surface area contributed by atoms with E-state index < -0.39 is 5.41 Å². The molecule has 0 amide bonds. The Hall–Kier alpha value is -7.56. The van der Waals surface area contributed by atoms with Gasteiger partial charge in [-0.05, 0) is 119 Å². The first kappa shape index (κ1) is 39.6. The number of rotatable bonds is 6. The zero-order valence-electron chi connectivity index (χ0n) is 39.0. The third-order valence-electron chi connectivity index (χ3n) is 17.3. The zero-order chi connectivity index (χ0) is 45.4. The van der Waals surface area contributed by atoms with Gasteiger partial charge in [-0.25, -0.2) is 0 Å². The molecule has 0 bridgehead atoms. The molecule has 4 aliphatic heterocycles. The van der Waals surface area contributed by atoms with Crippen LogP contribution in [0.15, 0.2) is 212 Å². The van der Waals surface area contributed by atoms with Gasteiger partial charge in [0.05, 0.1) is 16.9 Å². The van der Waals surface area contributed by atoms with Gasteiger partial charge in [0.2, 0.25) is 0 Å². The van der Waals surface area contributed by atoms with Gasteiger partial charge >= 0.3 is 0 Å². The van der Waals surface area contributed by atoms with Crippen molar-refractivity contribution in [3.05, 3.63) is 235 Å². The largest absolute Gasteiger partial charge is 0.334 e. The van der Waals surface area contributed by atoms with Crippen LogP contribution in [0.4, 0.5) is 45.5 Å². The van der Waals surface area contributed by atoms with Crippen molar-refractivity contribution in [1.29, 1.82) is 0 Å². The number of nitrogens with zero attached hydrogens (tertiary/aromatic N) is 3. The second-order valence-corrected chi connectivity index (χ2v) is 20.4. The Bertz CT molecular complexity index is 3330. The zero-order valence-corrected chi connectivity index (χ0v) is 39.0. The second kappa shape index (κ2) is 14.5. The highest BCUT2D eigenvalue weighted by atomic mass is 15.3. The predicted molar refractivity (Wildman–Crippen MR) is 286 cm³/mol. The van der Waals surface area contributed by atoms with Crippen molar-refractivity contribution in [3.63, 3.8) is 0 Å². The molecule has 4 heterocycles. The number of benzene rings is 9. The summed E-state index contributed by atoms with van der Waals surface area (Å²) in [6.07, 6.45) is 4.77. The van der Waals surface area contributed by atoms with Gasteiger partial charge in [-0.3, -0.25) is 0 Å². The van der Waals surface area contributed by atoms with Gasteiger partial charge < -0.3 is 14.7 Å². The van der Waals surface area contributed by atoms with Crippen molar-refractivity contribution in [2.24, 2.45) is 0 Å². The highest BCUT2D eigenvalue weighted by Gasteiger charge is 2.59. The number of fused-ring (bicyclic) bond motifs is 3. The maximum atomic E-state index is 2.78. The van der Waals surface area contributed by atoms with E-state index in [1.807, 2.05) is 0 Å². The van der Waals surface area contributed by atoms with Crippen molar-refractivity contribution in [3.8, 4) is 22.3 Å². The summed E-state index contributed by atoms with van der Waals surface area (Å²) in [7, 11) is 0. The van der Waals surface area contributed by atoms with Crippen LogP contribution in [0.2, 0.25) is 0 Å². The fraction of sp³-hybridized carbons (Fsp3) is 0.156. The molecule has 2 atom stereocenters. The summed E-state index contributed by atoms with van der Waals surface area (Å²) >= 11 is 0. The third kappa shape index (κ3) is 5.15. The summed E-state index contributed by atoms with van der Waals surface area (Å²) in [5.41, 5.74) is 23.9. The van der Waals surface area contributed by atoms with Crippen molar-refractivity contribution in [1.82, 2.24) is 0 Å². The minimum absolute atomic E-state index is 0.00242. The molecular weight excluding hydrogens is 822 g/mol. The van der Waals surface area contributed by atoms with Crippen LogP contribution in [0, 0.1) is 0 Å². The highest BCUT2D eigenvalue weighted by Crippen LogP contribution is 2.62. The minimum atomic E-state index is -0.433. The fourth-order valence-electron chi connectivity index (χ4n) is 14.0. The Balaban J connectivity index is 1.15. The lowest BCUT2D eigenvalue weighted by Crippen LogP contribution is -2.67. The van der Waals surface area contributed by atoms with Gasteiger partial charge in [0.25, 0.3) is 6.71 Å². The summed E-state index contributed by atoms with van der Waals surface area (Å²) < 4.78 is 0. The Morgan fingerprint density at radius 1 is 0.382 bits per heavy atom. The monoisotopic (exact) mass is 873 g/mol. The van der Waals surface area contributed by atoms with Crippen LogP contribution in [-0.4, -0.2) is 12.3 Å². The number of para-hydroxylation sites is 3. The molecule has 9 aromatic carbocycles. The lowest BCUT2D eigenvalue weighted by molar-refractivity contribution is 0.195.